The first-order valence-corrected chi connectivity index (χ1v) is 10.7. The van der Waals surface area contributed by atoms with Crippen LogP contribution in [0.1, 0.15) is 43.2 Å². The second kappa shape index (κ2) is 7.59. The summed E-state index contributed by atoms with van der Waals surface area (Å²) in [6.45, 7) is 4.14. The van der Waals surface area contributed by atoms with Crippen LogP contribution in [0, 0.1) is 13.8 Å². The number of carbonyl (C=O) groups excluding carboxylic acids is 3. The number of hydrogen-bond acceptors (Lipinski definition) is 5. The fourth-order valence-electron chi connectivity index (χ4n) is 4.06. The van der Waals surface area contributed by atoms with Crippen molar-refractivity contribution in [3.05, 3.63) is 34.7 Å². The quantitative estimate of drug-likeness (QED) is 0.734. The molecule has 4 rings (SSSR count). The molecule has 2 heterocycles. The first-order chi connectivity index (χ1) is 13.9. The van der Waals surface area contributed by atoms with Crippen molar-refractivity contribution in [3.8, 4) is 11.3 Å². The second-order valence-corrected chi connectivity index (χ2v) is 8.69. The number of rotatable bonds is 5. The van der Waals surface area contributed by atoms with Crippen molar-refractivity contribution in [1.29, 1.82) is 0 Å². The van der Waals surface area contributed by atoms with Crippen molar-refractivity contribution in [1.82, 2.24) is 15.2 Å². The number of nitrogens with one attached hydrogen (secondary N) is 2. The molecule has 0 atom stereocenters. The summed E-state index contributed by atoms with van der Waals surface area (Å²) in [4.78, 5) is 42.9. The Balaban J connectivity index is 1.36. The Morgan fingerprint density at radius 3 is 2.79 bits per heavy atom. The van der Waals surface area contributed by atoms with E-state index in [0.717, 1.165) is 35.2 Å². The van der Waals surface area contributed by atoms with Gasteiger partial charge in [-0.3, -0.25) is 14.5 Å². The topological polar surface area (TPSA) is 91.4 Å². The molecule has 1 saturated carbocycles. The molecule has 2 aromatic rings. The molecule has 1 aliphatic carbocycles. The molecule has 1 saturated heterocycles. The van der Waals surface area contributed by atoms with Crippen LogP contribution < -0.4 is 10.6 Å². The highest BCUT2D eigenvalue weighted by Crippen LogP contribution is 2.35. The van der Waals surface area contributed by atoms with Gasteiger partial charge in [0.2, 0.25) is 5.91 Å². The van der Waals surface area contributed by atoms with Gasteiger partial charge in [0.15, 0.2) is 5.13 Å². The van der Waals surface area contributed by atoms with Crippen LogP contribution >= 0.6 is 11.3 Å². The largest absolute Gasteiger partial charge is 0.325 e. The number of amides is 4. The standard InChI is InChI=1S/C21H24N4O3S/c1-13-5-6-14(2)15(11-13)16-12-29-19(22-16)23-17(26)7-10-25-18(27)21(24-20(25)28)8-3-4-9-21/h5-6,11-12H,3-4,7-10H2,1-2H3,(H,24,28)(H,22,23,26). The maximum Gasteiger partial charge on any atom is 0.325 e. The summed E-state index contributed by atoms with van der Waals surface area (Å²) in [5.41, 5.74) is 3.41. The molecule has 29 heavy (non-hydrogen) atoms. The van der Waals surface area contributed by atoms with Crippen molar-refractivity contribution in [3.63, 3.8) is 0 Å². The van der Waals surface area contributed by atoms with Crippen LogP contribution in [0.5, 0.6) is 0 Å². The lowest BCUT2D eigenvalue weighted by Gasteiger charge is -2.19. The molecule has 152 valence electrons. The average Bonchev–Trinajstić information content (AvgIpc) is 3.38. The zero-order valence-electron chi connectivity index (χ0n) is 16.6. The number of urea groups is 1. The summed E-state index contributed by atoms with van der Waals surface area (Å²) >= 11 is 1.36. The van der Waals surface area contributed by atoms with Crippen molar-refractivity contribution in [2.45, 2.75) is 51.5 Å². The zero-order chi connectivity index (χ0) is 20.6. The highest BCUT2D eigenvalue weighted by atomic mass is 32.1. The molecule has 2 fully saturated rings. The van der Waals surface area contributed by atoms with E-state index in [1.165, 1.54) is 16.2 Å². The average molecular weight is 413 g/mol. The summed E-state index contributed by atoms with van der Waals surface area (Å²) in [6.07, 6.45) is 3.29. The number of hydrogen-bond donors (Lipinski definition) is 2. The van der Waals surface area contributed by atoms with Crippen LogP contribution in [-0.2, 0) is 9.59 Å². The minimum Gasteiger partial charge on any atom is -0.323 e. The Hall–Kier alpha value is -2.74. The van der Waals surface area contributed by atoms with Gasteiger partial charge >= 0.3 is 6.03 Å². The zero-order valence-corrected chi connectivity index (χ0v) is 17.4. The number of carbonyl (C=O) groups is 3. The molecule has 1 aromatic heterocycles. The predicted molar refractivity (Wildman–Crippen MR) is 112 cm³/mol. The molecule has 0 bridgehead atoms. The van der Waals surface area contributed by atoms with Gasteiger partial charge in [0.05, 0.1) is 5.69 Å². The molecule has 0 unspecified atom stereocenters. The highest BCUT2D eigenvalue weighted by Gasteiger charge is 2.52. The van der Waals surface area contributed by atoms with Crippen molar-refractivity contribution < 1.29 is 14.4 Å². The molecule has 7 nitrogen and oxygen atoms in total. The van der Waals surface area contributed by atoms with Crippen LogP contribution in [0.2, 0.25) is 0 Å². The van der Waals surface area contributed by atoms with E-state index in [-0.39, 0.29) is 24.8 Å². The number of thiazole rings is 1. The fraction of sp³-hybridized carbons (Fsp3) is 0.429. The summed E-state index contributed by atoms with van der Waals surface area (Å²) in [6, 6.07) is 5.79. The molecular formula is C21H24N4O3S. The van der Waals surface area contributed by atoms with E-state index in [4.69, 9.17) is 0 Å². The summed E-state index contributed by atoms with van der Waals surface area (Å²) in [5.74, 6) is -0.459. The summed E-state index contributed by atoms with van der Waals surface area (Å²) in [5, 5.41) is 8.03. The number of nitrogens with zero attached hydrogens (tertiary/aromatic N) is 2. The van der Waals surface area contributed by atoms with Crippen LogP contribution in [0.25, 0.3) is 11.3 Å². The summed E-state index contributed by atoms with van der Waals surface area (Å²) < 4.78 is 0. The van der Waals surface area contributed by atoms with Gasteiger partial charge in [0.1, 0.15) is 5.54 Å². The lowest BCUT2D eigenvalue weighted by Crippen LogP contribution is -2.44. The van der Waals surface area contributed by atoms with Gasteiger partial charge in [0.25, 0.3) is 5.91 Å². The molecule has 8 heteroatoms. The Bertz CT molecular complexity index is 978. The van der Waals surface area contributed by atoms with Gasteiger partial charge in [0, 0.05) is 23.9 Å². The molecule has 1 aromatic carbocycles. The van der Waals surface area contributed by atoms with E-state index < -0.39 is 11.6 Å². The first kappa shape index (κ1) is 19.6. The Kier molecular flexibility index (Phi) is 5.12. The van der Waals surface area contributed by atoms with Gasteiger partial charge in [-0.15, -0.1) is 11.3 Å². The monoisotopic (exact) mass is 412 g/mol. The van der Waals surface area contributed by atoms with Crippen LogP contribution in [0.4, 0.5) is 9.93 Å². The minimum atomic E-state index is -0.733. The highest BCUT2D eigenvalue weighted by molar-refractivity contribution is 7.14. The minimum absolute atomic E-state index is 0.0492. The predicted octanol–water partition coefficient (Wildman–Crippen LogP) is 3.62. The molecule has 2 N–H and O–H groups in total. The number of aromatic nitrogens is 1. The normalized spacial score (nSPS) is 17.8. The number of imide groups is 1. The second-order valence-electron chi connectivity index (χ2n) is 7.83. The third kappa shape index (κ3) is 3.76. The maximum absolute atomic E-state index is 12.6. The van der Waals surface area contributed by atoms with E-state index in [1.54, 1.807) is 0 Å². The number of benzene rings is 1. The number of anilines is 1. The van der Waals surface area contributed by atoms with Gasteiger partial charge in [-0.25, -0.2) is 9.78 Å². The fourth-order valence-corrected chi connectivity index (χ4v) is 4.79. The molecule has 4 amide bonds. The lowest BCUT2D eigenvalue weighted by molar-refractivity contribution is -0.131. The van der Waals surface area contributed by atoms with Gasteiger partial charge in [-0.1, -0.05) is 30.5 Å². The lowest BCUT2D eigenvalue weighted by atomic mass is 9.98. The Labute approximate surface area is 173 Å². The van der Waals surface area contributed by atoms with Gasteiger partial charge in [-0.2, -0.15) is 0 Å². The molecular weight excluding hydrogens is 388 g/mol. The first-order valence-electron chi connectivity index (χ1n) is 9.85. The van der Waals surface area contributed by atoms with Crippen LogP contribution in [0.3, 0.4) is 0 Å². The Morgan fingerprint density at radius 2 is 2.03 bits per heavy atom. The van der Waals surface area contributed by atoms with E-state index in [0.29, 0.717) is 18.0 Å². The van der Waals surface area contributed by atoms with E-state index in [2.05, 4.69) is 33.8 Å². The Morgan fingerprint density at radius 1 is 1.28 bits per heavy atom. The van der Waals surface area contributed by atoms with Crippen LogP contribution in [-0.4, -0.2) is 39.8 Å². The SMILES string of the molecule is Cc1ccc(C)c(-c2csc(NC(=O)CCN3C(=O)NC4(CCCC4)C3=O)n2)c1. The third-order valence-corrected chi connectivity index (χ3v) is 6.44. The van der Waals surface area contributed by atoms with Crippen molar-refractivity contribution >= 4 is 34.3 Å². The van der Waals surface area contributed by atoms with E-state index in [9.17, 15) is 14.4 Å². The molecule has 0 radical (unpaired) electrons. The third-order valence-electron chi connectivity index (χ3n) is 5.69. The van der Waals surface area contributed by atoms with E-state index >= 15 is 0 Å². The van der Waals surface area contributed by atoms with Crippen molar-refractivity contribution in [2.75, 3.05) is 11.9 Å². The maximum atomic E-state index is 12.6. The van der Waals surface area contributed by atoms with Gasteiger partial charge < -0.3 is 10.6 Å². The summed E-state index contributed by atoms with van der Waals surface area (Å²) in [7, 11) is 0. The van der Waals surface area contributed by atoms with E-state index in [1.807, 2.05) is 19.2 Å². The molecule has 1 spiro atoms. The van der Waals surface area contributed by atoms with Crippen LogP contribution in [0.15, 0.2) is 23.6 Å². The molecule has 2 aliphatic rings. The smallest absolute Gasteiger partial charge is 0.323 e. The number of aryl methyl sites for hydroxylation is 2. The molecule has 1 aliphatic heterocycles. The van der Waals surface area contributed by atoms with Crippen molar-refractivity contribution in [2.24, 2.45) is 0 Å². The van der Waals surface area contributed by atoms with Gasteiger partial charge in [-0.05, 0) is 38.3 Å².